The number of aromatic carboxylic acids is 1. The fourth-order valence-corrected chi connectivity index (χ4v) is 1.70. The zero-order valence-corrected chi connectivity index (χ0v) is 9.95. The zero-order chi connectivity index (χ0) is 13.8. The molecule has 0 atom stereocenters. The minimum Gasteiger partial charge on any atom is -0.508 e. The summed E-state index contributed by atoms with van der Waals surface area (Å²) in [5.74, 6) is -1.27. The third-order valence-electron chi connectivity index (χ3n) is 2.64. The highest BCUT2D eigenvalue weighted by Gasteiger charge is 2.12. The molecule has 0 fully saturated rings. The van der Waals surface area contributed by atoms with Gasteiger partial charge in [-0.15, -0.1) is 0 Å². The van der Waals surface area contributed by atoms with Gasteiger partial charge in [-0.25, -0.2) is 4.79 Å². The van der Waals surface area contributed by atoms with Crippen molar-refractivity contribution >= 4 is 18.1 Å². The summed E-state index contributed by atoms with van der Waals surface area (Å²) in [6, 6.07) is 11.0. The minimum atomic E-state index is -1.18. The molecule has 3 N–H and O–H groups in total. The molecule has 2 aromatic carbocycles. The molecular formula is C15H12O4. The van der Waals surface area contributed by atoms with Crippen LogP contribution in [0.3, 0.4) is 0 Å². The van der Waals surface area contributed by atoms with E-state index in [2.05, 4.69) is 0 Å². The molecule has 0 amide bonds. The Labute approximate surface area is 109 Å². The molecule has 4 nitrogen and oxygen atoms in total. The monoisotopic (exact) mass is 256 g/mol. The van der Waals surface area contributed by atoms with Crippen LogP contribution in [-0.4, -0.2) is 21.3 Å². The highest BCUT2D eigenvalue weighted by atomic mass is 16.4. The van der Waals surface area contributed by atoms with E-state index in [9.17, 15) is 9.90 Å². The summed E-state index contributed by atoms with van der Waals surface area (Å²) in [7, 11) is 0. The predicted molar refractivity (Wildman–Crippen MR) is 72.1 cm³/mol. The second-order valence-corrected chi connectivity index (χ2v) is 3.97. The molecule has 2 aromatic rings. The number of carboxylic acid groups (broad SMARTS) is 1. The Morgan fingerprint density at radius 2 is 1.63 bits per heavy atom. The van der Waals surface area contributed by atoms with Crippen LogP contribution in [-0.2, 0) is 0 Å². The van der Waals surface area contributed by atoms with Crippen LogP contribution in [0.5, 0.6) is 11.5 Å². The van der Waals surface area contributed by atoms with Crippen molar-refractivity contribution in [1.82, 2.24) is 0 Å². The van der Waals surface area contributed by atoms with Crippen LogP contribution in [0.2, 0.25) is 0 Å². The van der Waals surface area contributed by atoms with Crippen molar-refractivity contribution < 1.29 is 20.1 Å². The topological polar surface area (TPSA) is 77.8 Å². The zero-order valence-electron chi connectivity index (χ0n) is 9.95. The smallest absolute Gasteiger partial charge is 0.340 e. The Morgan fingerprint density at radius 1 is 0.947 bits per heavy atom. The first-order valence-electron chi connectivity index (χ1n) is 5.60. The first-order chi connectivity index (χ1) is 9.08. The van der Waals surface area contributed by atoms with E-state index in [0.29, 0.717) is 5.56 Å². The summed E-state index contributed by atoms with van der Waals surface area (Å²) in [5, 5.41) is 27.8. The molecule has 0 unspecified atom stereocenters. The van der Waals surface area contributed by atoms with Crippen LogP contribution in [0.1, 0.15) is 21.5 Å². The average Bonchev–Trinajstić information content (AvgIpc) is 2.37. The van der Waals surface area contributed by atoms with Crippen molar-refractivity contribution in [3.8, 4) is 11.5 Å². The van der Waals surface area contributed by atoms with Crippen LogP contribution < -0.4 is 0 Å². The molecule has 2 rings (SSSR count). The number of carboxylic acids is 1. The van der Waals surface area contributed by atoms with Crippen LogP contribution in [0.15, 0.2) is 42.5 Å². The maximum Gasteiger partial charge on any atom is 0.340 e. The summed E-state index contributed by atoms with van der Waals surface area (Å²) in [6.07, 6.45) is 3.32. The van der Waals surface area contributed by atoms with Gasteiger partial charge in [-0.3, -0.25) is 0 Å². The molecule has 0 aliphatic carbocycles. The number of aromatic hydroxyl groups is 2. The van der Waals surface area contributed by atoms with Crippen molar-refractivity contribution in [2.45, 2.75) is 0 Å². The van der Waals surface area contributed by atoms with Crippen molar-refractivity contribution in [1.29, 1.82) is 0 Å². The largest absolute Gasteiger partial charge is 0.508 e. The molecule has 0 aliphatic heterocycles. The molecule has 0 saturated carbocycles. The second-order valence-electron chi connectivity index (χ2n) is 3.97. The van der Waals surface area contributed by atoms with Crippen LogP contribution in [0.4, 0.5) is 0 Å². The van der Waals surface area contributed by atoms with Gasteiger partial charge in [-0.05, 0) is 29.3 Å². The molecule has 0 bridgehead atoms. The standard InChI is InChI=1S/C15H12O4/c16-12-8-5-10(6-9-12)4-7-11-2-1-3-13(17)14(11)15(18)19/h1-9,16-17H,(H,18,19)/b7-4+. The second kappa shape index (κ2) is 5.27. The van der Waals surface area contributed by atoms with Gasteiger partial charge in [0.15, 0.2) is 0 Å². The normalized spacial score (nSPS) is 10.7. The van der Waals surface area contributed by atoms with Crippen LogP contribution in [0, 0.1) is 0 Å². The SMILES string of the molecule is O=C(O)c1c(O)cccc1/C=C/c1ccc(O)cc1. The van der Waals surface area contributed by atoms with Crippen LogP contribution >= 0.6 is 0 Å². The number of phenols is 2. The fraction of sp³-hybridized carbons (Fsp3) is 0. The molecular weight excluding hydrogens is 244 g/mol. The van der Waals surface area contributed by atoms with Gasteiger partial charge in [0.2, 0.25) is 0 Å². The Bertz CT molecular complexity index is 627. The van der Waals surface area contributed by atoms with E-state index in [1.165, 1.54) is 6.07 Å². The van der Waals surface area contributed by atoms with E-state index in [4.69, 9.17) is 10.2 Å². The Kier molecular flexibility index (Phi) is 3.52. The van der Waals surface area contributed by atoms with Gasteiger partial charge in [-0.1, -0.05) is 36.4 Å². The Morgan fingerprint density at radius 3 is 2.26 bits per heavy atom. The molecule has 0 saturated heterocycles. The van der Waals surface area contributed by atoms with E-state index < -0.39 is 5.97 Å². The molecule has 0 heterocycles. The molecule has 0 spiro atoms. The van der Waals surface area contributed by atoms with Gasteiger partial charge >= 0.3 is 5.97 Å². The van der Waals surface area contributed by atoms with Gasteiger partial charge in [0.25, 0.3) is 0 Å². The lowest BCUT2D eigenvalue weighted by Crippen LogP contribution is -1.99. The van der Waals surface area contributed by atoms with E-state index in [-0.39, 0.29) is 17.1 Å². The van der Waals surface area contributed by atoms with E-state index >= 15 is 0 Å². The van der Waals surface area contributed by atoms with E-state index in [1.54, 1.807) is 48.6 Å². The van der Waals surface area contributed by atoms with E-state index in [0.717, 1.165) is 5.56 Å². The quantitative estimate of drug-likeness (QED) is 0.738. The summed E-state index contributed by atoms with van der Waals surface area (Å²) in [4.78, 5) is 11.1. The maximum absolute atomic E-state index is 11.1. The van der Waals surface area contributed by atoms with Gasteiger partial charge < -0.3 is 15.3 Å². The van der Waals surface area contributed by atoms with Crippen molar-refractivity contribution in [3.63, 3.8) is 0 Å². The number of carbonyl (C=O) groups is 1. The number of hydrogen-bond acceptors (Lipinski definition) is 3. The summed E-state index contributed by atoms with van der Waals surface area (Å²) < 4.78 is 0. The molecule has 0 radical (unpaired) electrons. The van der Waals surface area contributed by atoms with Crippen molar-refractivity contribution in [2.75, 3.05) is 0 Å². The average molecular weight is 256 g/mol. The van der Waals surface area contributed by atoms with Crippen molar-refractivity contribution in [2.24, 2.45) is 0 Å². The van der Waals surface area contributed by atoms with Crippen LogP contribution in [0.25, 0.3) is 12.2 Å². The van der Waals surface area contributed by atoms with Gasteiger partial charge in [0.1, 0.15) is 17.1 Å². The first kappa shape index (κ1) is 12.7. The summed E-state index contributed by atoms with van der Waals surface area (Å²) in [5.41, 5.74) is 1.11. The molecule has 0 aliphatic rings. The molecule has 19 heavy (non-hydrogen) atoms. The van der Waals surface area contributed by atoms with Gasteiger partial charge in [0.05, 0.1) is 0 Å². The highest BCUT2D eigenvalue weighted by molar-refractivity contribution is 5.96. The van der Waals surface area contributed by atoms with Gasteiger partial charge in [-0.2, -0.15) is 0 Å². The number of benzene rings is 2. The first-order valence-corrected chi connectivity index (χ1v) is 5.60. The number of rotatable bonds is 3. The third kappa shape index (κ3) is 2.93. The number of phenolic OH excluding ortho intramolecular Hbond substituents is 1. The Balaban J connectivity index is 2.36. The molecule has 4 heteroatoms. The maximum atomic E-state index is 11.1. The molecule has 0 aromatic heterocycles. The lowest BCUT2D eigenvalue weighted by Gasteiger charge is -2.03. The lowest BCUT2D eigenvalue weighted by molar-refractivity contribution is 0.0693. The van der Waals surface area contributed by atoms with Gasteiger partial charge in [0, 0.05) is 0 Å². The fourth-order valence-electron chi connectivity index (χ4n) is 1.70. The summed E-state index contributed by atoms with van der Waals surface area (Å²) >= 11 is 0. The highest BCUT2D eigenvalue weighted by Crippen LogP contribution is 2.23. The lowest BCUT2D eigenvalue weighted by atomic mass is 10.0. The predicted octanol–water partition coefficient (Wildman–Crippen LogP) is 2.97. The molecule has 96 valence electrons. The van der Waals surface area contributed by atoms with E-state index in [1.807, 2.05) is 0 Å². The number of hydrogen-bond donors (Lipinski definition) is 3. The Hall–Kier alpha value is -2.75. The van der Waals surface area contributed by atoms with Crippen molar-refractivity contribution in [3.05, 3.63) is 59.2 Å². The third-order valence-corrected chi connectivity index (χ3v) is 2.64. The summed E-state index contributed by atoms with van der Waals surface area (Å²) in [6.45, 7) is 0. The minimum absolute atomic E-state index is 0.127.